The molecular formula is C17H9F3O4S. The van der Waals surface area contributed by atoms with Crippen LogP contribution in [0.1, 0.15) is 15.9 Å². The monoisotopic (exact) mass is 366 g/mol. The first-order valence-corrected chi connectivity index (χ1v) is 7.71. The summed E-state index contributed by atoms with van der Waals surface area (Å²) in [6, 6.07) is 8.89. The van der Waals surface area contributed by atoms with Gasteiger partial charge in [-0.15, -0.1) is 0 Å². The summed E-state index contributed by atoms with van der Waals surface area (Å²) in [6.45, 7) is 0. The molecular weight excluding hydrogens is 357 g/mol. The number of benzene rings is 2. The van der Waals surface area contributed by atoms with Gasteiger partial charge in [0.25, 0.3) is 0 Å². The highest BCUT2D eigenvalue weighted by molar-refractivity contribution is 7.20. The fraction of sp³-hybridized carbons (Fsp3) is 0.0588. The van der Waals surface area contributed by atoms with Crippen LogP contribution in [0.15, 0.2) is 47.3 Å². The van der Waals surface area contributed by atoms with Crippen molar-refractivity contribution >= 4 is 27.4 Å². The van der Waals surface area contributed by atoms with Crippen LogP contribution in [0, 0.1) is 0 Å². The molecule has 2 aromatic carbocycles. The van der Waals surface area contributed by atoms with Crippen LogP contribution in [0.25, 0.3) is 21.2 Å². The smallest absolute Gasteiger partial charge is 0.417 e. The molecule has 4 nitrogen and oxygen atoms in total. The maximum Gasteiger partial charge on any atom is 0.417 e. The molecule has 0 unspecified atom stereocenters. The molecule has 0 spiro atoms. The zero-order chi connectivity index (χ0) is 18.4. The summed E-state index contributed by atoms with van der Waals surface area (Å²) in [7, 11) is 0. The van der Waals surface area contributed by atoms with E-state index < -0.39 is 33.8 Å². The lowest BCUT2D eigenvalue weighted by Crippen LogP contribution is -2.14. The van der Waals surface area contributed by atoms with Crippen LogP contribution >= 0.6 is 11.3 Å². The van der Waals surface area contributed by atoms with Crippen molar-refractivity contribution in [3.63, 3.8) is 0 Å². The second kappa shape index (κ2) is 5.89. The number of carboxylic acids is 1. The Morgan fingerprint density at radius 1 is 1.08 bits per heavy atom. The molecule has 1 heterocycles. The van der Waals surface area contributed by atoms with E-state index in [-0.39, 0.29) is 21.2 Å². The first-order chi connectivity index (χ1) is 11.7. The van der Waals surface area contributed by atoms with E-state index in [1.165, 1.54) is 36.4 Å². The molecule has 1 aromatic heterocycles. The van der Waals surface area contributed by atoms with Gasteiger partial charge in [-0.1, -0.05) is 35.6 Å². The van der Waals surface area contributed by atoms with Gasteiger partial charge >= 0.3 is 12.1 Å². The van der Waals surface area contributed by atoms with Crippen molar-refractivity contribution in [2.24, 2.45) is 0 Å². The van der Waals surface area contributed by atoms with Crippen molar-refractivity contribution < 1.29 is 28.2 Å². The number of carboxylic acid groups (broad SMARTS) is 1. The zero-order valence-corrected chi connectivity index (χ0v) is 13.1. The van der Waals surface area contributed by atoms with Gasteiger partial charge in [-0.2, -0.15) is 13.2 Å². The molecule has 0 bridgehead atoms. The molecule has 0 amide bonds. The van der Waals surface area contributed by atoms with Crippen molar-refractivity contribution in [2.45, 2.75) is 6.18 Å². The number of aromatic carboxylic acids is 1. The standard InChI is InChI=1S/C17H9F3O4S/c18-17(19,20)11-4-2-1-3-9(11)8-5-6-12-10(7-8)14(21)13(15(22)23)16(24)25-12/h1-7,24H,(H,22,23). The first-order valence-electron chi connectivity index (χ1n) is 6.90. The molecule has 0 saturated heterocycles. The highest BCUT2D eigenvalue weighted by Gasteiger charge is 2.33. The summed E-state index contributed by atoms with van der Waals surface area (Å²) >= 11 is 0.677. The van der Waals surface area contributed by atoms with Crippen LogP contribution in [-0.2, 0) is 6.18 Å². The van der Waals surface area contributed by atoms with Crippen LogP contribution < -0.4 is 5.43 Å². The summed E-state index contributed by atoms with van der Waals surface area (Å²) in [5.41, 5.74) is -2.58. The maximum absolute atomic E-state index is 13.2. The highest BCUT2D eigenvalue weighted by Crippen LogP contribution is 2.38. The molecule has 2 N–H and O–H groups in total. The van der Waals surface area contributed by atoms with Crippen LogP contribution in [0.2, 0.25) is 0 Å². The van der Waals surface area contributed by atoms with Gasteiger partial charge in [0, 0.05) is 10.1 Å². The second-order valence-corrected chi connectivity index (χ2v) is 6.20. The van der Waals surface area contributed by atoms with Crippen molar-refractivity contribution in [2.75, 3.05) is 0 Å². The number of hydrogen-bond donors (Lipinski definition) is 2. The first kappa shape index (κ1) is 17.0. The Balaban J connectivity index is 2.31. The van der Waals surface area contributed by atoms with E-state index in [1.807, 2.05) is 0 Å². The summed E-state index contributed by atoms with van der Waals surface area (Å²) < 4.78 is 39.8. The maximum atomic E-state index is 13.2. The van der Waals surface area contributed by atoms with E-state index in [0.717, 1.165) is 6.07 Å². The molecule has 3 rings (SSSR count). The number of hydrogen-bond acceptors (Lipinski definition) is 4. The fourth-order valence-electron chi connectivity index (χ4n) is 2.52. The molecule has 0 aliphatic rings. The minimum Gasteiger partial charge on any atom is -0.499 e. The Hall–Kier alpha value is -2.87. The average molecular weight is 366 g/mol. The Morgan fingerprint density at radius 2 is 1.76 bits per heavy atom. The number of carbonyl (C=O) groups is 1. The highest BCUT2D eigenvalue weighted by atomic mass is 32.1. The van der Waals surface area contributed by atoms with Crippen LogP contribution in [-0.4, -0.2) is 16.2 Å². The van der Waals surface area contributed by atoms with Crippen LogP contribution in [0.5, 0.6) is 5.06 Å². The predicted octanol–water partition coefficient (Wildman–Crippen LogP) is 4.35. The largest absolute Gasteiger partial charge is 0.499 e. The van der Waals surface area contributed by atoms with E-state index in [2.05, 4.69) is 0 Å². The number of rotatable bonds is 2. The quantitative estimate of drug-likeness (QED) is 0.707. The minimum absolute atomic E-state index is 0.0605. The number of alkyl halides is 3. The summed E-state index contributed by atoms with van der Waals surface area (Å²) in [4.78, 5) is 23.4. The van der Waals surface area contributed by atoms with Gasteiger partial charge in [-0.05, 0) is 29.3 Å². The van der Waals surface area contributed by atoms with Gasteiger partial charge in [0.05, 0.1) is 5.56 Å². The molecule has 0 saturated carbocycles. The predicted molar refractivity (Wildman–Crippen MR) is 87.2 cm³/mol. The van der Waals surface area contributed by atoms with Crippen molar-refractivity contribution in [1.82, 2.24) is 0 Å². The van der Waals surface area contributed by atoms with E-state index in [4.69, 9.17) is 5.11 Å². The van der Waals surface area contributed by atoms with E-state index in [1.54, 1.807) is 0 Å². The Labute approximate surface area is 142 Å². The van der Waals surface area contributed by atoms with Crippen molar-refractivity contribution in [1.29, 1.82) is 0 Å². The fourth-order valence-corrected chi connectivity index (χ4v) is 3.41. The van der Waals surface area contributed by atoms with Crippen molar-refractivity contribution in [3.05, 3.63) is 63.8 Å². The van der Waals surface area contributed by atoms with Gasteiger partial charge in [0.1, 0.15) is 0 Å². The third kappa shape index (κ3) is 2.96. The van der Waals surface area contributed by atoms with E-state index in [0.29, 0.717) is 11.3 Å². The Bertz CT molecular complexity index is 1050. The van der Waals surface area contributed by atoms with E-state index in [9.17, 15) is 27.9 Å². The Kier molecular flexibility index (Phi) is 4.00. The van der Waals surface area contributed by atoms with Crippen molar-refractivity contribution in [3.8, 4) is 16.2 Å². The van der Waals surface area contributed by atoms with Crippen LogP contribution in [0.3, 0.4) is 0 Å². The summed E-state index contributed by atoms with van der Waals surface area (Å²) in [6.07, 6.45) is -4.57. The lowest BCUT2D eigenvalue weighted by molar-refractivity contribution is -0.137. The SMILES string of the molecule is O=C(O)c1c(O)sc2ccc(-c3ccccc3C(F)(F)F)cc2c1=O. The summed E-state index contributed by atoms with van der Waals surface area (Å²) in [5, 5.41) is 18.0. The molecule has 3 aromatic rings. The van der Waals surface area contributed by atoms with Crippen LogP contribution in [0.4, 0.5) is 13.2 Å². The topological polar surface area (TPSA) is 74.6 Å². The molecule has 25 heavy (non-hydrogen) atoms. The molecule has 0 aliphatic carbocycles. The molecule has 8 heteroatoms. The molecule has 0 radical (unpaired) electrons. The molecule has 0 fully saturated rings. The second-order valence-electron chi connectivity index (χ2n) is 5.17. The minimum atomic E-state index is -4.57. The number of aromatic hydroxyl groups is 1. The van der Waals surface area contributed by atoms with Gasteiger partial charge in [-0.3, -0.25) is 4.79 Å². The van der Waals surface area contributed by atoms with E-state index >= 15 is 0 Å². The number of halogens is 3. The third-order valence-electron chi connectivity index (χ3n) is 3.63. The molecule has 0 atom stereocenters. The molecule has 128 valence electrons. The summed E-state index contributed by atoms with van der Waals surface area (Å²) in [5.74, 6) is -1.60. The lowest BCUT2D eigenvalue weighted by atomic mass is 9.98. The average Bonchev–Trinajstić information content (AvgIpc) is 2.53. The van der Waals surface area contributed by atoms with Gasteiger partial charge in [-0.25, -0.2) is 4.79 Å². The Morgan fingerprint density at radius 3 is 2.40 bits per heavy atom. The van der Waals surface area contributed by atoms with Gasteiger partial charge < -0.3 is 10.2 Å². The van der Waals surface area contributed by atoms with Gasteiger partial charge in [0.15, 0.2) is 10.6 Å². The zero-order valence-electron chi connectivity index (χ0n) is 12.3. The lowest BCUT2D eigenvalue weighted by Gasteiger charge is -2.13. The molecule has 0 aliphatic heterocycles. The third-order valence-corrected chi connectivity index (χ3v) is 4.60. The number of fused-ring (bicyclic) bond motifs is 1. The normalized spacial score (nSPS) is 11.6. The van der Waals surface area contributed by atoms with Gasteiger partial charge in [0.2, 0.25) is 5.43 Å².